The molecule has 0 aliphatic heterocycles. The molecule has 0 radical (unpaired) electrons. The van der Waals surface area contributed by atoms with Gasteiger partial charge in [-0.15, -0.1) is 0 Å². The van der Waals surface area contributed by atoms with Gasteiger partial charge >= 0.3 is 0 Å². The highest BCUT2D eigenvalue weighted by Crippen LogP contribution is 2.55. The fourth-order valence-electron chi connectivity index (χ4n) is 6.85. The van der Waals surface area contributed by atoms with Crippen LogP contribution in [-0.4, -0.2) is 50.4 Å². The number of aromatic nitrogens is 2. The molecule has 0 saturated heterocycles. The van der Waals surface area contributed by atoms with Crippen LogP contribution >= 0.6 is 0 Å². The number of nitrogens with one attached hydrogen (secondary N) is 2. The molecular formula is C23H34N4O3. The number of anilines is 1. The van der Waals surface area contributed by atoms with Gasteiger partial charge in [-0.3, -0.25) is 4.79 Å². The molecule has 0 spiro atoms. The van der Waals surface area contributed by atoms with Gasteiger partial charge in [0.05, 0.1) is 23.0 Å². The monoisotopic (exact) mass is 414 g/mol. The van der Waals surface area contributed by atoms with Crippen molar-refractivity contribution in [2.45, 2.75) is 88.4 Å². The minimum atomic E-state index is -0.493. The van der Waals surface area contributed by atoms with E-state index in [-0.39, 0.29) is 11.9 Å². The van der Waals surface area contributed by atoms with Crippen LogP contribution in [0.1, 0.15) is 86.7 Å². The number of rotatable bonds is 6. The van der Waals surface area contributed by atoms with Crippen LogP contribution < -0.4 is 10.6 Å². The molecule has 0 aromatic carbocycles. The number of hydrogen-bond donors (Lipinski definition) is 4. The van der Waals surface area contributed by atoms with Crippen molar-refractivity contribution >= 4 is 11.9 Å². The minimum Gasteiger partial charge on any atom is -0.392 e. The predicted octanol–water partition coefficient (Wildman–Crippen LogP) is 2.60. The summed E-state index contributed by atoms with van der Waals surface area (Å²) in [4.78, 5) is 22.4. The van der Waals surface area contributed by atoms with Gasteiger partial charge in [0.25, 0.3) is 5.91 Å². The van der Waals surface area contributed by atoms with Crippen LogP contribution in [0.25, 0.3) is 0 Å². The lowest BCUT2D eigenvalue weighted by atomic mass is 9.52. The van der Waals surface area contributed by atoms with E-state index in [1.807, 2.05) is 0 Å². The van der Waals surface area contributed by atoms with Crippen molar-refractivity contribution < 1.29 is 15.0 Å². The van der Waals surface area contributed by atoms with Gasteiger partial charge in [0, 0.05) is 24.7 Å². The van der Waals surface area contributed by atoms with Gasteiger partial charge in [-0.1, -0.05) is 12.8 Å². The van der Waals surface area contributed by atoms with Gasteiger partial charge < -0.3 is 20.8 Å². The second kappa shape index (κ2) is 7.75. The Morgan fingerprint density at radius 3 is 2.57 bits per heavy atom. The van der Waals surface area contributed by atoms with Crippen molar-refractivity contribution in [2.75, 3.05) is 11.9 Å². The molecule has 164 valence electrons. The highest BCUT2D eigenvalue weighted by molar-refractivity contribution is 5.95. The van der Waals surface area contributed by atoms with Gasteiger partial charge in [-0.05, 0) is 69.6 Å². The smallest absolute Gasteiger partial charge is 0.254 e. The van der Waals surface area contributed by atoms with Crippen LogP contribution in [0.15, 0.2) is 6.20 Å². The van der Waals surface area contributed by atoms with Gasteiger partial charge in [-0.25, -0.2) is 9.97 Å². The van der Waals surface area contributed by atoms with E-state index in [1.54, 1.807) is 13.1 Å². The standard InChI is InChI=1S/C23H34N4O3/c1-13(28)11-24-22-25-12-18(20(27-22)15-4-2-3-5-15)21(29)26-19-16-6-14-7-17(19)10-23(30,8-14)9-16/h12-17,19,28,30H,2-11H2,1H3,(H,26,29)(H,24,25,27)/t13-,14?,16?,17?,19-,23+/m1/s1. The summed E-state index contributed by atoms with van der Waals surface area (Å²) in [5, 5.41) is 26.8. The summed E-state index contributed by atoms with van der Waals surface area (Å²) < 4.78 is 0. The van der Waals surface area contributed by atoms with Crippen molar-refractivity contribution in [3.63, 3.8) is 0 Å². The highest BCUT2D eigenvalue weighted by atomic mass is 16.3. The molecule has 6 rings (SSSR count). The van der Waals surface area contributed by atoms with Crippen LogP contribution in [0, 0.1) is 17.8 Å². The summed E-state index contributed by atoms with van der Waals surface area (Å²) in [6.07, 6.45) is 10.4. The Bertz CT molecular complexity index is 792. The average molecular weight is 415 g/mol. The fraction of sp³-hybridized carbons (Fsp3) is 0.783. The Balaban J connectivity index is 1.36. The molecule has 7 nitrogen and oxygen atoms in total. The largest absolute Gasteiger partial charge is 0.392 e. The van der Waals surface area contributed by atoms with E-state index in [4.69, 9.17) is 4.98 Å². The average Bonchev–Trinajstić information content (AvgIpc) is 3.22. The van der Waals surface area contributed by atoms with Crippen molar-refractivity contribution in [3.8, 4) is 0 Å². The molecule has 5 aliphatic rings. The van der Waals surface area contributed by atoms with E-state index in [0.29, 0.717) is 41.7 Å². The Kier molecular flexibility index (Phi) is 5.22. The molecule has 1 amide bonds. The molecule has 4 bridgehead atoms. The number of hydrogen-bond acceptors (Lipinski definition) is 6. The highest BCUT2D eigenvalue weighted by Gasteiger charge is 2.55. The molecule has 30 heavy (non-hydrogen) atoms. The maximum atomic E-state index is 13.4. The van der Waals surface area contributed by atoms with Crippen LogP contribution in [0.2, 0.25) is 0 Å². The second-order valence-corrected chi connectivity index (χ2v) is 10.4. The van der Waals surface area contributed by atoms with Crippen molar-refractivity contribution in [3.05, 3.63) is 17.5 Å². The molecule has 1 aromatic heterocycles. The molecule has 7 heteroatoms. The molecule has 2 unspecified atom stereocenters. The summed E-state index contributed by atoms with van der Waals surface area (Å²) in [5.41, 5.74) is 0.945. The zero-order valence-electron chi connectivity index (χ0n) is 17.8. The first-order chi connectivity index (χ1) is 14.4. The Morgan fingerprint density at radius 1 is 1.23 bits per heavy atom. The number of carbonyl (C=O) groups excluding carboxylic acids is 1. The van der Waals surface area contributed by atoms with Gasteiger partial charge in [0.1, 0.15) is 0 Å². The summed E-state index contributed by atoms with van der Waals surface area (Å²) in [6, 6.07) is 0.152. The van der Waals surface area contributed by atoms with Crippen molar-refractivity contribution in [1.82, 2.24) is 15.3 Å². The maximum Gasteiger partial charge on any atom is 0.254 e. The first-order valence-corrected chi connectivity index (χ1v) is 11.7. The number of aliphatic hydroxyl groups is 2. The van der Waals surface area contributed by atoms with Crippen LogP contribution in [-0.2, 0) is 0 Å². The zero-order valence-corrected chi connectivity index (χ0v) is 17.8. The van der Waals surface area contributed by atoms with Crippen molar-refractivity contribution in [2.24, 2.45) is 17.8 Å². The van der Waals surface area contributed by atoms with E-state index < -0.39 is 11.7 Å². The topological polar surface area (TPSA) is 107 Å². The molecule has 5 fully saturated rings. The van der Waals surface area contributed by atoms with E-state index >= 15 is 0 Å². The first-order valence-electron chi connectivity index (χ1n) is 11.7. The van der Waals surface area contributed by atoms with E-state index in [9.17, 15) is 15.0 Å². The normalized spacial score (nSPS) is 36.1. The second-order valence-electron chi connectivity index (χ2n) is 10.4. The van der Waals surface area contributed by atoms with E-state index in [1.165, 1.54) is 12.8 Å². The number of nitrogens with zero attached hydrogens (tertiary/aromatic N) is 2. The summed E-state index contributed by atoms with van der Waals surface area (Å²) >= 11 is 0. The Labute approximate surface area is 178 Å². The van der Waals surface area contributed by atoms with Gasteiger partial charge in [0.2, 0.25) is 5.95 Å². The minimum absolute atomic E-state index is 0.0663. The lowest BCUT2D eigenvalue weighted by Crippen LogP contribution is -2.61. The quantitative estimate of drug-likeness (QED) is 0.570. The Morgan fingerprint density at radius 2 is 1.93 bits per heavy atom. The Hall–Kier alpha value is -1.73. The lowest BCUT2D eigenvalue weighted by Gasteiger charge is -2.58. The summed E-state index contributed by atoms with van der Waals surface area (Å²) in [7, 11) is 0. The molecule has 3 atom stereocenters. The number of aliphatic hydroxyl groups excluding tert-OH is 1. The maximum absolute atomic E-state index is 13.4. The van der Waals surface area contributed by atoms with E-state index in [2.05, 4.69) is 15.6 Å². The van der Waals surface area contributed by atoms with Crippen LogP contribution in [0.4, 0.5) is 5.95 Å². The molecule has 1 heterocycles. The zero-order chi connectivity index (χ0) is 20.9. The van der Waals surface area contributed by atoms with Gasteiger partial charge in [0.15, 0.2) is 0 Å². The number of amides is 1. The first kappa shape index (κ1) is 20.2. The molecular weight excluding hydrogens is 380 g/mol. The van der Waals surface area contributed by atoms with Gasteiger partial charge in [-0.2, -0.15) is 0 Å². The summed E-state index contributed by atoms with van der Waals surface area (Å²) in [6.45, 7) is 2.10. The van der Waals surface area contributed by atoms with Crippen LogP contribution in [0.5, 0.6) is 0 Å². The SMILES string of the molecule is C[C@@H](O)CNc1ncc(C(=O)N[C@H]2C3CC4CC2C[C@@](O)(C4)C3)c(C2CCCC2)n1. The number of carbonyl (C=O) groups is 1. The predicted molar refractivity (Wildman–Crippen MR) is 113 cm³/mol. The third-order valence-corrected chi connectivity index (χ3v) is 7.90. The molecule has 5 saturated carbocycles. The molecule has 5 aliphatic carbocycles. The third kappa shape index (κ3) is 3.82. The lowest BCUT2D eigenvalue weighted by molar-refractivity contribution is -0.136. The van der Waals surface area contributed by atoms with Crippen LogP contribution in [0.3, 0.4) is 0 Å². The third-order valence-electron chi connectivity index (χ3n) is 7.90. The summed E-state index contributed by atoms with van der Waals surface area (Å²) in [5.74, 6) is 2.09. The fourth-order valence-corrected chi connectivity index (χ4v) is 6.85. The molecule has 1 aromatic rings. The van der Waals surface area contributed by atoms with E-state index in [0.717, 1.165) is 50.6 Å². The molecule has 4 N–H and O–H groups in total. The van der Waals surface area contributed by atoms with Crippen molar-refractivity contribution in [1.29, 1.82) is 0 Å².